The van der Waals surface area contributed by atoms with Gasteiger partial charge >= 0.3 is 0 Å². The van der Waals surface area contributed by atoms with Crippen LogP contribution in [0.2, 0.25) is 10.0 Å². The van der Waals surface area contributed by atoms with Crippen LogP contribution in [0, 0.1) is 6.92 Å². The molecule has 3 aromatic carbocycles. The molecular formula is C22H19Cl2N3O3S. The van der Waals surface area contributed by atoms with Gasteiger partial charge in [0.05, 0.1) is 21.2 Å². The van der Waals surface area contributed by atoms with Crippen LogP contribution >= 0.6 is 23.2 Å². The fourth-order valence-corrected chi connectivity index (χ4v) is 3.98. The molecule has 0 aromatic heterocycles. The maximum atomic E-state index is 12.4. The predicted octanol–water partition coefficient (Wildman–Crippen LogP) is 5.26. The maximum absolute atomic E-state index is 12.4. The van der Waals surface area contributed by atoms with Crippen molar-refractivity contribution in [3.05, 3.63) is 93.5 Å². The van der Waals surface area contributed by atoms with Crippen molar-refractivity contribution in [2.45, 2.75) is 18.7 Å². The third-order valence-corrected chi connectivity index (χ3v) is 6.17. The lowest BCUT2D eigenvalue weighted by molar-refractivity contribution is 0.102. The van der Waals surface area contributed by atoms with Crippen molar-refractivity contribution in [1.29, 1.82) is 0 Å². The molecule has 0 fully saturated rings. The second-order valence-corrected chi connectivity index (χ2v) is 9.27. The molecule has 0 aliphatic heterocycles. The number of halogens is 2. The van der Waals surface area contributed by atoms with Crippen molar-refractivity contribution in [3.8, 4) is 0 Å². The van der Waals surface area contributed by atoms with Crippen molar-refractivity contribution in [1.82, 2.24) is 4.83 Å². The lowest BCUT2D eigenvalue weighted by atomic mass is 10.1. The number of anilines is 1. The number of carbonyl (C=O) groups is 1. The Balaban J connectivity index is 1.68. The van der Waals surface area contributed by atoms with Gasteiger partial charge in [-0.05, 0) is 61.9 Å². The molecule has 0 aliphatic carbocycles. The van der Waals surface area contributed by atoms with Crippen LogP contribution in [0.1, 0.15) is 28.4 Å². The number of hydrogen-bond donors (Lipinski definition) is 2. The monoisotopic (exact) mass is 475 g/mol. The number of sulfonamides is 1. The quantitative estimate of drug-likeness (QED) is 0.376. The number of benzene rings is 3. The molecule has 0 aliphatic rings. The van der Waals surface area contributed by atoms with Gasteiger partial charge in [-0.3, -0.25) is 4.79 Å². The molecule has 0 atom stereocenters. The maximum Gasteiger partial charge on any atom is 0.276 e. The Morgan fingerprint density at radius 3 is 2.19 bits per heavy atom. The van der Waals surface area contributed by atoms with Gasteiger partial charge in [-0.1, -0.05) is 53.0 Å². The van der Waals surface area contributed by atoms with E-state index >= 15 is 0 Å². The van der Waals surface area contributed by atoms with Gasteiger partial charge in [-0.25, -0.2) is 0 Å². The molecule has 0 spiro atoms. The molecule has 0 unspecified atom stereocenters. The average Bonchev–Trinajstić information content (AvgIpc) is 2.73. The van der Waals surface area contributed by atoms with Crippen molar-refractivity contribution in [2.24, 2.45) is 5.10 Å². The molecule has 6 nitrogen and oxygen atoms in total. The van der Waals surface area contributed by atoms with E-state index < -0.39 is 10.0 Å². The summed E-state index contributed by atoms with van der Waals surface area (Å²) in [5.41, 5.74) is 2.97. The summed E-state index contributed by atoms with van der Waals surface area (Å²) >= 11 is 11.9. The van der Waals surface area contributed by atoms with Gasteiger partial charge in [-0.15, -0.1) is 0 Å². The van der Waals surface area contributed by atoms with Gasteiger partial charge in [-0.2, -0.15) is 18.4 Å². The van der Waals surface area contributed by atoms with Crippen LogP contribution in [-0.4, -0.2) is 20.0 Å². The molecule has 0 heterocycles. The molecule has 0 saturated heterocycles. The zero-order valence-electron chi connectivity index (χ0n) is 16.7. The summed E-state index contributed by atoms with van der Waals surface area (Å²) in [6.07, 6.45) is 0. The SMILES string of the molecule is C/C(=N/NS(=O)(=O)c1ccc(C)cc1)c1ccc(NC(=O)c2ccc(Cl)cc2Cl)cc1. The van der Waals surface area contributed by atoms with E-state index in [1.807, 2.05) is 6.92 Å². The highest BCUT2D eigenvalue weighted by atomic mass is 35.5. The van der Waals surface area contributed by atoms with Crippen LogP contribution < -0.4 is 10.1 Å². The first-order valence-corrected chi connectivity index (χ1v) is 11.4. The van der Waals surface area contributed by atoms with E-state index in [1.54, 1.807) is 55.5 Å². The first-order valence-electron chi connectivity index (χ1n) is 9.15. The molecule has 3 rings (SSSR count). The summed E-state index contributed by atoms with van der Waals surface area (Å²) in [4.78, 5) is 14.8. The van der Waals surface area contributed by atoms with Gasteiger partial charge in [0.25, 0.3) is 15.9 Å². The molecule has 1 amide bonds. The molecular weight excluding hydrogens is 457 g/mol. The van der Waals surface area contributed by atoms with Gasteiger partial charge in [0, 0.05) is 10.7 Å². The molecule has 31 heavy (non-hydrogen) atoms. The van der Waals surface area contributed by atoms with E-state index in [2.05, 4.69) is 15.2 Å². The van der Waals surface area contributed by atoms with Crippen LogP contribution in [0.5, 0.6) is 0 Å². The number of hydrogen-bond acceptors (Lipinski definition) is 4. The van der Waals surface area contributed by atoms with E-state index in [9.17, 15) is 13.2 Å². The summed E-state index contributed by atoms with van der Waals surface area (Å²) in [6, 6.07) is 17.9. The molecule has 0 radical (unpaired) electrons. The zero-order valence-corrected chi connectivity index (χ0v) is 19.0. The highest BCUT2D eigenvalue weighted by Crippen LogP contribution is 2.22. The minimum Gasteiger partial charge on any atom is -0.322 e. The third-order valence-electron chi connectivity index (χ3n) is 4.40. The minimum absolute atomic E-state index is 0.133. The number of nitrogens with one attached hydrogen (secondary N) is 2. The number of amides is 1. The largest absolute Gasteiger partial charge is 0.322 e. The topological polar surface area (TPSA) is 87.6 Å². The summed E-state index contributed by atoms with van der Waals surface area (Å²) in [7, 11) is -3.76. The summed E-state index contributed by atoms with van der Waals surface area (Å²) in [5.74, 6) is -0.370. The molecule has 3 aromatic rings. The van der Waals surface area contributed by atoms with Crippen LogP contribution in [-0.2, 0) is 10.0 Å². The lowest BCUT2D eigenvalue weighted by Crippen LogP contribution is -2.20. The van der Waals surface area contributed by atoms with Crippen molar-refractivity contribution >= 4 is 50.5 Å². The van der Waals surface area contributed by atoms with Crippen LogP contribution in [0.4, 0.5) is 5.69 Å². The third kappa shape index (κ3) is 5.85. The van der Waals surface area contributed by atoms with Crippen molar-refractivity contribution < 1.29 is 13.2 Å². The lowest BCUT2D eigenvalue weighted by Gasteiger charge is -2.09. The number of rotatable bonds is 6. The van der Waals surface area contributed by atoms with Gasteiger partial charge < -0.3 is 5.32 Å². The molecule has 9 heteroatoms. The minimum atomic E-state index is -3.76. The summed E-state index contributed by atoms with van der Waals surface area (Å²) in [6.45, 7) is 3.56. The van der Waals surface area contributed by atoms with E-state index in [4.69, 9.17) is 23.2 Å². The van der Waals surface area contributed by atoms with E-state index in [-0.39, 0.29) is 15.8 Å². The first kappa shape index (κ1) is 22.8. The smallest absolute Gasteiger partial charge is 0.276 e. The molecule has 0 saturated carbocycles. The first-order chi connectivity index (χ1) is 14.7. The van der Waals surface area contributed by atoms with Gasteiger partial charge in [0.2, 0.25) is 0 Å². The Morgan fingerprint density at radius 2 is 1.58 bits per heavy atom. The van der Waals surface area contributed by atoms with Crippen LogP contribution in [0.3, 0.4) is 0 Å². The number of nitrogens with zero attached hydrogens (tertiary/aromatic N) is 1. The molecule has 160 valence electrons. The van der Waals surface area contributed by atoms with Crippen LogP contribution in [0.15, 0.2) is 76.7 Å². The Hall–Kier alpha value is -2.87. The molecule has 0 bridgehead atoms. The Labute approximate surface area is 190 Å². The van der Waals surface area contributed by atoms with Crippen LogP contribution in [0.25, 0.3) is 0 Å². The molecule has 2 N–H and O–H groups in total. The highest BCUT2D eigenvalue weighted by Gasteiger charge is 2.13. The fourth-order valence-electron chi connectivity index (χ4n) is 2.63. The Kier molecular flexibility index (Phi) is 7.00. The summed E-state index contributed by atoms with van der Waals surface area (Å²) in [5, 5.41) is 7.43. The predicted molar refractivity (Wildman–Crippen MR) is 125 cm³/mol. The second kappa shape index (κ2) is 9.51. The van der Waals surface area contributed by atoms with E-state index in [0.717, 1.165) is 5.56 Å². The number of carbonyl (C=O) groups excluding carboxylic acids is 1. The average molecular weight is 476 g/mol. The highest BCUT2D eigenvalue weighted by molar-refractivity contribution is 7.89. The van der Waals surface area contributed by atoms with E-state index in [1.165, 1.54) is 18.2 Å². The number of aryl methyl sites for hydroxylation is 1. The second-order valence-electron chi connectivity index (χ2n) is 6.76. The van der Waals surface area contributed by atoms with Gasteiger partial charge in [0.15, 0.2) is 0 Å². The fraction of sp³-hybridized carbons (Fsp3) is 0.0909. The van der Waals surface area contributed by atoms with Crippen molar-refractivity contribution in [2.75, 3.05) is 5.32 Å². The number of hydrazone groups is 1. The van der Waals surface area contributed by atoms with Gasteiger partial charge in [0.1, 0.15) is 0 Å². The van der Waals surface area contributed by atoms with E-state index in [0.29, 0.717) is 27.5 Å². The van der Waals surface area contributed by atoms with Crippen molar-refractivity contribution in [3.63, 3.8) is 0 Å². The Bertz CT molecular complexity index is 1240. The normalized spacial score (nSPS) is 11.8. The summed E-state index contributed by atoms with van der Waals surface area (Å²) < 4.78 is 24.7. The Morgan fingerprint density at radius 1 is 0.935 bits per heavy atom. The zero-order chi connectivity index (χ0) is 22.6. The standard InChI is InChI=1S/C22H19Cl2N3O3S/c1-14-3-10-19(11-4-14)31(29,30)27-26-15(2)16-5-8-18(9-6-16)25-22(28)20-12-7-17(23)13-21(20)24/h3-13,27H,1-2H3,(H,25,28)/b26-15-.